The smallest absolute Gasteiger partial charge is 0.255 e. The van der Waals surface area contributed by atoms with E-state index in [1.807, 2.05) is 38.1 Å². The molecule has 2 rings (SSSR count). The first-order chi connectivity index (χ1) is 9.54. The van der Waals surface area contributed by atoms with Gasteiger partial charge in [-0.25, -0.2) is 0 Å². The van der Waals surface area contributed by atoms with E-state index in [0.29, 0.717) is 11.3 Å². The zero-order chi connectivity index (χ0) is 14.7. The second-order valence-electron chi connectivity index (χ2n) is 5.08. The lowest BCUT2D eigenvalue weighted by molar-refractivity contribution is 0.0928. The third-order valence-corrected chi connectivity index (χ3v) is 4.09. The molecule has 0 heterocycles. The van der Waals surface area contributed by atoms with Crippen LogP contribution in [-0.4, -0.2) is 22.9 Å². The van der Waals surface area contributed by atoms with Crippen molar-refractivity contribution in [3.8, 4) is 5.75 Å². The highest BCUT2D eigenvalue weighted by atomic mass is 35.5. The molecule has 0 aromatic heterocycles. The van der Waals surface area contributed by atoms with Crippen LogP contribution in [0.15, 0.2) is 36.4 Å². The van der Waals surface area contributed by atoms with Crippen molar-refractivity contribution in [1.29, 1.82) is 0 Å². The van der Waals surface area contributed by atoms with Gasteiger partial charge in [-0.15, -0.1) is 11.6 Å². The van der Waals surface area contributed by atoms with Gasteiger partial charge in [0.05, 0.1) is 5.56 Å². The third kappa shape index (κ3) is 2.88. The normalized spacial score (nSPS) is 13.9. The number of hydrogen-bond acceptors (Lipinski definition) is 2. The number of fused-ring (bicyclic) bond motifs is 1. The Morgan fingerprint density at radius 1 is 1.25 bits per heavy atom. The Balaban J connectivity index is 2.29. The summed E-state index contributed by atoms with van der Waals surface area (Å²) in [5.74, 6) is 0.387. The minimum absolute atomic E-state index is 0.0197. The molecule has 2 unspecified atom stereocenters. The second-order valence-corrected chi connectivity index (χ2v) is 5.39. The molecule has 106 valence electrons. The Hall–Kier alpha value is -1.74. The Morgan fingerprint density at radius 3 is 2.65 bits per heavy atom. The van der Waals surface area contributed by atoms with Crippen molar-refractivity contribution in [1.82, 2.24) is 5.32 Å². The molecule has 0 aliphatic heterocycles. The zero-order valence-corrected chi connectivity index (χ0v) is 12.3. The van der Waals surface area contributed by atoms with Crippen LogP contribution >= 0.6 is 11.6 Å². The summed E-state index contributed by atoms with van der Waals surface area (Å²) in [7, 11) is 0. The molecule has 2 N–H and O–H groups in total. The number of nitrogens with one attached hydrogen (secondary N) is 1. The molecule has 0 saturated heterocycles. The number of halogens is 1. The van der Waals surface area contributed by atoms with E-state index in [2.05, 4.69) is 5.32 Å². The molecule has 0 bridgehead atoms. The number of carbonyl (C=O) groups excluding carboxylic acids is 1. The number of benzene rings is 2. The number of carbonyl (C=O) groups is 1. The van der Waals surface area contributed by atoms with Gasteiger partial charge in [-0.05, 0) is 24.3 Å². The van der Waals surface area contributed by atoms with Gasteiger partial charge in [-0.3, -0.25) is 4.79 Å². The van der Waals surface area contributed by atoms with Crippen molar-refractivity contribution >= 4 is 28.3 Å². The molecule has 0 spiro atoms. The van der Waals surface area contributed by atoms with E-state index in [1.54, 1.807) is 12.1 Å². The van der Waals surface area contributed by atoms with E-state index < -0.39 is 0 Å². The van der Waals surface area contributed by atoms with Crippen molar-refractivity contribution in [3.63, 3.8) is 0 Å². The van der Waals surface area contributed by atoms with E-state index in [4.69, 9.17) is 11.6 Å². The maximum Gasteiger partial charge on any atom is 0.255 e. The van der Waals surface area contributed by atoms with Crippen molar-refractivity contribution in [3.05, 3.63) is 42.0 Å². The van der Waals surface area contributed by atoms with Crippen molar-refractivity contribution in [2.45, 2.75) is 19.9 Å². The van der Waals surface area contributed by atoms with Gasteiger partial charge in [0.15, 0.2) is 0 Å². The van der Waals surface area contributed by atoms with Crippen LogP contribution in [-0.2, 0) is 0 Å². The molecule has 0 fully saturated rings. The summed E-state index contributed by atoms with van der Waals surface area (Å²) in [4.78, 5) is 12.2. The van der Waals surface area contributed by atoms with Gasteiger partial charge in [0.25, 0.3) is 5.91 Å². The molecular formula is C16H18ClNO2. The maximum atomic E-state index is 12.2. The van der Waals surface area contributed by atoms with Crippen molar-refractivity contribution in [2.75, 3.05) is 5.88 Å². The largest absolute Gasteiger partial charge is 0.506 e. The minimum atomic E-state index is -0.280. The second kappa shape index (κ2) is 6.14. The number of phenols is 1. The summed E-state index contributed by atoms with van der Waals surface area (Å²) in [5, 5.41) is 14.7. The fourth-order valence-corrected chi connectivity index (χ4v) is 2.27. The van der Waals surface area contributed by atoms with E-state index in [-0.39, 0.29) is 29.2 Å². The molecule has 0 radical (unpaired) electrons. The average molecular weight is 292 g/mol. The van der Waals surface area contributed by atoms with Gasteiger partial charge < -0.3 is 10.4 Å². The quantitative estimate of drug-likeness (QED) is 0.847. The third-order valence-electron chi connectivity index (χ3n) is 3.60. The van der Waals surface area contributed by atoms with Crippen LogP contribution in [0.2, 0.25) is 0 Å². The van der Waals surface area contributed by atoms with Gasteiger partial charge in [-0.1, -0.05) is 37.3 Å². The molecule has 1 amide bonds. The number of rotatable bonds is 4. The molecule has 2 aromatic carbocycles. The highest BCUT2D eigenvalue weighted by molar-refractivity contribution is 6.18. The van der Waals surface area contributed by atoms with Crippen LogP contribution in [0.3, 0.4) is 0 Å². The molecule has 0 aliphatic rings. The van der Waals surface area contributed by atoms with Crippen LogP contribution in [0.1, 0.15) is 24.2 Å². The first kappa shape index (κ1) is 14.7. The van der Waals surface area contributed by atoms with Crippen molar-refractivity contribution < 1.29 is 9.90 Å². The van der Waals surface area contributed by atoms with Crippen molar-refractivity contribution in [2.24, 2.45) is 5.92 Å². The zero-order valence-electron chi connectivity index (χ0n) is 11.6. The lowest BCUT2D eigenvalue weighted by Gasteiger charge is -2.19. The van der Waals surface area contributed by atoms with E-state index in [1.165, 1.54) is 0 Å². The highest BCUT2D eigenvalue weighted by Crippen LogP contribution is 2.28. The van der Waals surface area contributed by atoms with E-state index >= 15 is 0 Å². The Labute approximate surface area is 123 Å². The first-order valence-electron chi connectivity index (χ1n) is 6.62. The Morgan fingerprint density at radius 2 is 1.95 bits per heavy atom. The average Bonchev–Trinajstić information content (AvgIpc) is 2.46. The number of amides is 1. The predicted molar refractivity (Wildman–Crippen MR) is 82.4 cm³/mol. The predicted octanol–water partition coefficient (Wildman–Crippen LogP) is 3.54. The number of alkyl halides is 1. The standard InChI is InChI=1S/C16H18ClNO2/c1-10(9-17)11(2)18-16(20)14-8-7-12-5-3-4-6-13(12)15(14)19/h3-8,10-11,19H,9H2,1-2H3,(H,18,20). The van der Waals surface area contributed by atoms with E-state index in [9.17, 15) is 9.90 Å². The first-order valence-corrected chi connectivity index (χ1v) is 7.15. The summed E-state index contributed by atoms with van der Waals surface area (Å²) in [5.41, 5.74) is 0.289. The van der Waals surface area contributed by atoms with Crippen LogP contribution in [0, 0.1) is 5.92 Å². The fourth-order valence-electron chi connectivity index (χ4n) is 2.00. The van der Waals surface area contributed by atoms with Crippen LogP contribution in [0.25, 0.3) is 10.8 Å². The van der Waals surface area contributed by atoms with E-state index in [0.717, 1.165) is 5.39 Å². The monoisotopic (exact) mass is 291 g/mol. The van der Waals surface area contributed by atoms with Crippen LogP contribution < -0.4 is 5.32 Å². The number of phenolic OH excluding ortho intramolecular Hbond substituents is 1. The van der Waals surface area contributed by atoms with Crippen LogP contribution in [0.4, 0.5) is 0 Å². The van der Waals surface area contributed by atoms with Gasteiger partial charge in [0, 0.05) is 17.3 Å². The van der Waals surface area contributed by atoms with Gasteiger partial charge in [-0.2, -0.15) is 0 Å². The van der Waals surface area contributed by atoms with Crippen LogP contribution in [0.5, 0.6) is 5.75 Å². The topological polar surface area (TPSA) is 49.3 Å². The van der Waals surface area contributed by atoms with Gasteiger partial charge >= 0.3 is 0 Å². The summed E-state index contributed by atoms with van der Waals surface area (Å²) >= 11 is 5.79. The molecule has 2 atom stereocenters. The Kier molecular flexibility index (Phi) is 4.50. The fraction of sp³-hybridized carbons (Fsp3) is 0.312. The molecular weight excluding hydrogens is 274 g/mol. The number of aromatic hydroxyl groups is 1. The summed E-state index contributed by atoms with van der Waals surface area (Å²) in [6, 6.07) is 10.9. The highest BCUT2D eigenvalue weighted by Gasteiger charge is 2.18. The summed E-state index contributed by atoms with van der Waals surface area (Å²) in [6.07, 6.45) is 0. The van der Waals surface area contributed by atoms with Gasteiger partial charge in [0.1, 0.15) is 5.75 Å². The molecule has 0 aliphatic carbocycles. The van der Waals surface area contributed by atoms with Gasteiger partial charge in [0.2, 0.25) is 0 Å². The molecule has 20 heavy (non-hydrogen) atoms. The summed E-state index contributed by atoms with van der Waals surface area (Å²) in [6.45, 7) is 3.88. The Bertz CT molecular complexity index is 627. The lowest BCUT2D eigenvalue weighted by atomic mass is 10.0. The minimum Gasteiger partial charge on any atom is -0.506 e. The SMILES string of the molecule is CC(CCl)C(C)NC(=O)c1ccc2ccccc2c1O. The molecule has 0 saturated carbocycles. The molecule has 4 heteroatoms. The molecule has 2 aromatic rings. The lowest BCUT2D eigenvalue weighted by Crippen LogP contribution is -2.37. The maximum absolute atomic E-state index is 12.2. The number of hydrogen-bond donors (Lipinski definition) is 2. The summed E-state index contributed by atoms with van der Waals surface area (Å²) < 4.78 is 0. The molecule has 3 nitrogen and oxygen atoms in total.